The molecule has 1 saturated heterocycles. The first-order valence-electron chi connectivity index (χ1n) is 8.21. The van der Waals surface area contributed by atoms with Crippen molar-refractivity contribution in [2.45, 2.75) is 26.2 Å². The van der Waals surface area contributed by atoms with Gasteiger partial charge in [0, 0.05) is 16.9 Å². The summed E-state index contributed by atoms with van der Waals surface area (Å²) in [6, 6.07) is 8.20. The number of thiazole rings is 1. The van der Waals surface area contributed by atoms with Gasteiger partial charge >= 0.3 is 0 Å². The summed E-state index contributed by atoms with van der Waals surface area (Å²) in [5.41, 5.74) is 3.54. The minimum atomic E-state index is 0. The van der Waals surface area contributed by atoms with Crippen LogP contribution >= 0.6 is 23.7 Å². The van der Waals surface area contributed by atoms with E-state index in [9.17, 15) is 4.79 Å². The van der Waals surface area contributed by atoms with Crippen LogP contribution in [0.15, 0.2) is 29.6 Å². The summed E-state index contributed by atoms with van der Waals surface area (Å²) < 4.78 is 0. The number of halogens is 1. The number of carbonyl (C=O) groups is 1. The average Bonchev–Trinajstić information content (AvgIpc) is 3.04. The van der Waals surface area contributed by atoms with E-state index in [0.29, 0.717) is 5.13 Å². The van der Waals surface area contributed by atoms with Gasteiger partial charge in [-0.25, -0.2) is 4.98 Å². The highest BCUT2D eigenvalue weighted by Crippen LogP contribution is 2.58. The SMILES string of the molecule is Cc1ccccc1-c1csc(NC(=O)C2CC23CCNCC3)n1.Cl. The number of benzene rings is 1. The molecule has 1 saturated carbocycles. The Bertz CT molecular complexity index is 739. The van der Waals surface area contributed by atoms with Crippen molar-refractivity contribution in [1.29, 1.82) is 0 Å². The van der Waals surface area contributed by atoms with Gasteiger partial charge < -0.3 is 10.6 Å². The lowest BCUT2D eigenvalue weighted by molar-refractivity contribution is -0.118. The van der Waals surface area contributed by atoms with Crippen molar-refractivity contribution < 1.29 is 4.79 Å². The lowest BCUT2D eigenvalue weighted by Gasteiger charge is -2.22. The number of nitrogens with zero attached hydrogens (tertiary/aromatic N) is 1. The third kappa shape index (κ3) is 3.21. The van der Waals surface area contributed by atoms with Crippen LogP contribution < -0.4 is 10.6 Å². The number of aryl methyl sites for hydroxylation is 1. The van der Waals surface area contributed by atoms with Crippen LogP contribution in [0.5, 0.6) is 0 Å². The molecule has 2 heterocycles. The van der Waals surface area contributed by atoms with E-state index in [4.69, 9.17) is 0 Å². The Morgan fingerprint density at radius 1 is 1.33 bits per heavy atom. The molecule has 1 aliphatic carbocycles. The van der Waals surface area contributed by atoms with Crippen molar-refractivity contribution in [1.82, 2.24) is 10.3 Å². The van der Waals surface area contributed by atoms with Gasteiger partial charge in [-0.05, 0) is 50.3 Å². The zero-order chi connectivity index (χ0) is 15.9. The zero-order valence-electron chi connectivity index (χ0n) is 13.7. The number of hydrogen-bond acceptors (Lipinski definition) is 4. The minimum Gasteiger partial charge on any atom is -0.317 e. The Labute approximate surface area is 152 Å². The number of anilines is 1. The Balaban J connectivity index is 0.00000169. The van der Waals surface area contributed by atoms with Crippen molar-refractivity contribution in [3.8, 4) is 11.3 Å². The Morgan fingerprint density at radius 2 is 2.08 bits per heavy atom. The predicted octanol–water partition coefficient (Wildman–Crippen LogP) is 3.87. The highest BCUT2D eigenvalue weighted by Gasteiger charge is 2.57. The average molecular weight is 364 g/mol. The van der Waals surface area contributed by atoms with E-state index < -0.39 is 0 Å². The first kappa shape index (κ1) is 17.4. The van der Waals surface area contributed by atoms with E-state index >= 15 is 0 Å². The van der Waals surface area contributed by atoms with E-state index in [-0.39, 0.29) is 29.6 Å². The second-order valence-electron chi connectivity index (χ2n) is 6.71. The first-order chi connectivity index (χ1) is 11.2. The summed E-state index contributed by atoms with van der Waals surface area (Å²) in [7, 11) is 0. The molecule has 1 aromatic carbocycles. The number of piperidine rings is 1. The molecule has 128 valence electrons. The molecule has 2 aliphatic rings. The quantitative estimate of drug-likeness (QED) is 0.870. The van der Waals surface area contributed by atoms with Crippen LogP contribution in [0.2, 0.25) is 0 Å². The number of carbonyl (C=O) groups excluding carboxylic acids is 1. The topological polar surface area (TPSA) is 54.0 Å². The van der Waals surface area contributed by atoms with E-state index in [0.717, 1.165) is 43.6 Å². The van der Waals surface area contributed by atoms with Crippen molar-refractivity contribution >= 4 is 34.8 Å². The fraction of sp³-hybridized carbons (Fsp3) is 0.444. The van der Waals surface area contributed by atoms with E-state index in [2.05, 4.69) is 34.7 Å². The van der Waals surface area contributed by atoms with Gasteiger partial charge in [-0.15, -0.1) is 23.7 Å². The van der Waals surface area contributed by atoms with Gasteiger partial charge in [-0.1, -0.05) is 24.3 Å². The normalized spacial score (nSPS) is 21.1. The number of aromatic nitrogens is 1. The molecule has 1 aliphatic heterocycles. The van der Waals surface area contributed by atoms with Crippen molar-refractivity contribution in [2.75, 3.05) is 18.4 Å². The number of amides is 1. The van der Waals surface area contributed by atoms with Gasteiger partial charge in [0.25, 0.3) is 0 Å². The van der Waals surface area contributed by atoms with Crippen molar-refractivity contribution in [3.63, 3.8) is 0 Å². The second-order valence-corrected chi connectivity index (χ2v) is 7.57. The van der Waals surface area contributed by atoms with E-state index in [1.807, 2.05) is 17.5 Å². The van der Waals surface area contributed by atoms with Crippen LogP contribution in [0, 0.1) is 18.3 Å². The maximum absolute atomic E-state index is 12.5. The summed E-state index contributed by atoms with van der Waals surface area (Å²) >= 11 is 1.51. The maximum Gasteiger partial charge on any atom is 0.229 e. The summed E-state index contributed by atoms with van der Waals surface area (Å²) in [6.45, 7) is 4.16. The van der Waals surface area contributed by atoms with Crippen LogP contribution in [0.25, 0.3) is 11.3 Å². The second kappa shape index (κ2) is 6.82. The van der Waals surface area contributed by atoms with Crippen LogP contribution in [0.3, 0.4) is 0 Å². The Kier molecular flexibility index (Phi) is 4.95. The van der Waals surface area contributed by atoms with Crippen LogP contribution in [0.4, 0.5) is 5.13 Å². The fourth-order valence-corrected chi connectivity index (χ4v) is 4.42. The molecule has 2 aromatic rings. The van der Waals surface area contributed by atoms with Gasteiger partial charge in [-0.3, -0.25) is 4.79 Å². The van der Waals surface area contributed by atoms with Gasteiger partial charge in [-0.2, -0.15) is 0 Å². The molecule has 1 atom stereocenters. The predicted molar refractivity (Wildman–Crippen MR) is 101 cm³/mol. The third-order valence-electron chi connectivity index (χ3n) is 5.26. The largest absolute Gasteiger partial charge is 0.317 e. The Hall–Kier alpha value is -1.43. The van der Waals surface area contributed by atoms with Crippen LogP contribution in [0.1, 0.15) is 24.8 Å². The minimum absolute atomic E-state index is 0. The molecule has 1 amide bonds. The van der Waals surface area contributed by atoms with Gasteiger partial charge in [0.15, 0.2) is 5.13 Å². The van der Waals surface area contributed by atoms with Gasteiger partial charge in [0.1, 0.15) is 0 Å². The molecule has 4 rings (SSSR count). The molecule has 1 aromatic heterocycles. The molecule has 24 heavy (non-hydrogen) atoms. The van der Waals surface area contributed by atoms with Crippen LogP contribution in [-0.2, 0) is 4.79 Å². The molecule has 1 unspecified atom stereocenters. The molecule has 4 nitrogen and oxygen atoms in total. The fourth-order valence-electron chi connectivity index (χ4n) is 3.70. The molecule has 1 spiro atoms. The van der Waals surface area contributed by atoms with Crippen LogP contribution in [-0.4, -0.2) is 24.0 Å². The van der Waals surface area contributed by atoms with Crippen molar-refractivity contribution in [3.05, 3.63) is 35.2 Å². The standard InChI is InChI=1S/C18H21N3OS.ClH/c1-12-4-2-3-5-13(12)15-11-23-17(20-15)21-16(22)14-10-18(14)6-8-19-9-7-18;/h2-5,11,14,19H,6-10H2,1H3,(H,20,21,22);1H. The highest BCUT2D eigenvalue weighted by atomic mass is 35.5. The van der Waals surface area contributed by atoms with E-state index in [1.54, 1.807) is 0 Å². The molecule has 0 radical (unpaired) electrons. The molecule has 2 N–H and O–H groups in total. The summed E-state index contributed by atoms with van der Waals surface area (Å²) in [5.74, 6) is 0.327. The lowest BCUT2D eigenvalue weighted by atomic mass is 9.92. The molecular weight excluding hydrogens is 342 g/mol. The third-order valence-corrected chi connectivity index (χ3v) is 6.02. The highest BCUT2D eigenvalue weighted by molar-refractivity contribution is 7.14. The number of nitrogens with one attached hydrogen (secondary N) is 2. The first-order valence-corrected chi connectivity index (χ1v) is 9.09. The van der Waals surface area contributed by atoms with Gasteiger partial charge in [0.05, 0.1) is 5.69 Å². The molecule has 0 bridgehead atoms. The monoisotopic (exact) mass is 363 g/mol. The van der Waals surface area contributed by atoms with E-state index in [1.165, 1.54) is 16.9 Å². The zero-order valence-corrected chi connectivity index (χ0v) is 15.3. The maximum atomic E-state index is 12.5. The molecular formula is C18H22ClN3OS. The summed E-state index contributed by atoms with van der Waals surface area (Å²) in [6.07, 6.45) is 3.28. The van der Waals surface area contributed by atoms with Crippen molar-refractivity contribution in [2.24, 2.45) is 11.3 Å². The molecule has 6 heteroatoms. The smallest absolute Gasteiger partial charge is 0.229 e. The summed E-state index contributed by atoms with van der Waals surface area (Å²) in [4.78, 5) is 17.1. The number of rotatable bonds is 3. The summed E-state index contributed by atoms with van der Waals surface area (Å²) in [5, 5.41) is 9.14. The van der Waals surface area contributed by atoms with Gasteiger partial charge in [0.2, 0.25) is 5.91 Å². The number of hydrogen-bond donors (Lipinski definition) is 2. The molecule has 2 fully saturated rings. The lowest BCUT2D eigenvalue weighted by Crippen LogP contribution is -2.31. The Morgan fingerprint density at radius 3 is 2.83 bits per heavy atom.